The first-order valence-corrected chi connectivity index (χ1v) is 13.1. The summed E-state index contributed by atoms with van der Waals surface area (Å²) in [5, 5.41) is 20.3. The molecule has 0 spiro atoms. The van der Waals surface area contributed by atoms with E-state index < -0.39 is 12.2 Å². The highest BCUT2D eigenvalue weighted by atomic mass is 16.3. The van der Waals surface area contributed by atoms with Gasteiger partial charge in [-0.2, -0.15) is 0 Å². The van der Waals surface area contributed by atoms with Crippen molar-refractivity contribution in [2.75, 3.05) is 33.2 Å². The minimum atomic E-state index is -0.603. The Morgan fingerprint density at radius 1 is 1.22 bits per heavy atom. The summed E-state index contributed by atoms with van der Waals surface area (Å²) in [5.74, 6) is 2.21. The SMILES string of the molecule is C=C1/C(=C\C=C2/CCC[C@]3(C)[C@@H]([C@H](C)CN4CCN(C)C[C@@H]4C)CC[C@@H]23)CC(O)CC1O. The molecule has 4 rings (SSSR count). The number of rotatable bonds is 4. The van der Waals surface area contributed by atoms with Crippen LogP contribution in [0.2, 0.25) is 0 Å². The summed E-state index contributed by atoms with van der Waals surface area (Å²) < 4.78 is 0. The van der Waals surface area contributed by atoms with E-state index in [2.05, 4.69) is 56.3 Å². The largest absolute Gasteiger partial charge is 0.393 e. The summed E-state index contributed by atoms with van der Waals surface area (Å²) in [4.78, 5) is 5.20. The smallest absolute Gasteiger partial charge is 0.0811 e. The molecule has 0 amide bonds. The van der Waals surface area contributed by atoms with Crippen LogP contribution in [0.15, 0.2) is 35.5 Å². The van der Waals surface area contributed by atoms with Crippen LogP contribution in [0.4, 0.5) is 0 Å². The van der Waals surface area contributed by atoms with Crippen molar-refractivity contribution in [3.63, 3.8) is 0 Å². The Morgan fingerprint density at radius 3 is 2.75 bits per heavy atom. The fourth-order valence-electron chi connectivity index (χ4n) is 7.62. The van der Waals surface area contributed by atoms with Crippen molar-refractivity contribution in [3.05, 3.63) is 35.5 Å². The van der Waals surface area contributed by atoms with Crippen LogP contribution in [-0.2, 0) is 0 Å². The highest BCUT2D eigenvalue weighted by molar-refractivity contribution is 5.38. The van der Waals surface area contributed by atoms with Gasteiger partial charge in [0.25, 0.3) is 0 Å². The number of fused-ring (bicyclic) bond motifs is 1. The number of hydrogen-bond donors (Lipinski definition) is 2. The van der Waals surface area contributed by atoms with E-state index in [0.29, 0.717) is 30.2 Å². The summed E-state index contributed by atoms with van der Waals surface area (Å²) in [7, 11) is 2.25. The minimum Gasteiger partial charge on any atom is -0.393 e. The van der Waals surface area contributed by atoms with Gasteiger partial charge in [0.2, 0.25) is 0 Å². The zero-order chi connectivity index (χ0) is 23.0. The van der Waals surface area contributed by atoms with Crippen LogP contribution < -0.4 is 0 Å². The average molecular weight is 443 g/mol. The number of nitrogens with zero attached hydrogens (tertiary/aromatic N) is 2. The number of piperazine rings is 1. The first kappa shape index (κ1) is 24.2. The molecule has 4 heteroatoms. The van der Waals surface area contributed by atoms with Gasteiger partial charge < -0.3 is 15.1 Å². The fourth-order valence-corrected chi connectivity index (χ4v) is 7.62. The lowest BCUT2D eigenvalue weighted by atomic mass is 9.61. The summed E-state index contributed by atoms with van der Waals surface area (Å²) in [6, 6.07) is 0.656. The maximum atomic E-state index is 10.2. The quantitative estimate of drug-likeness (QED) is 0.677. The van der Waals surface area contributed by atoms with Crippen LogP contribution in [0.5, 0.6) is 0 Å². The Balaban J connectivity index is 1.46. The van der Waals surface area contributed by atoms with Crippen LogP contribution in [-0.4, -0.2) is 71.5 Å². The summed E-state index contributed by atoms with van der Waals surface area (Å²) in [6.45, 7) is 16.4. The lowest BCUT2D eigenvalue weighted by Gasteiger charge is -2.46. The molecule has 4 nitrogen and oxygen atoms in total. The fraction of sp³-hybridized carbons (Fsp3) is 0.786. The average Bonchev–Trinajstić information content (AvgIpc) is 3.09. The molecule has 1 aliphatic heterocycles. The molecule has 180 valence electrons. The Morgan fingerprint density at radius 2 is 2.00 bits per heavy atom. The number of hydrogen-bond acceptors (Lipinski definition) is 4. The highest BCUT2D eigenvalue weighted by Crippen LogP contribution is 2.59. The normalized spacial score (nSPS) is 43.1. The van der Waals surface area contributed by atoms with E-state index in [1.54, 1.807) is 5.57 Å². The molecule has 0 aromatic rings. The zero-order valence-electron chi connectivity index (χ0n) is 20.9. The van der Waals surface area contributed by atoms with Gasteiger partial charge in [0.15, 0.2) is 0 Å². The molecule has 3 saturated carbocycles. The standard InChI is InChI=1S/C28H46N2O2/c1-19(17-30-14-13-29(5)18-20(30)2)25-10-11-26-22(7-6-12-28(25,26)4)8-9-23-15-24(31)16-27(32)21(23)3/h8-9,19-20,24-27,31-32H,3,6-7,10-18H2,1-2,4-5H3/b22-8+,23-9-/t19-,20+,24?,25-,26+,27?,28-/m1/s1. The third-order valence-corrected chi connectivity index (χ3v) is 9.48. The van der Waals surface area contributed by atoms with Gasteiger partial charge in [-0.25, -0.2) is 0 Å². The van der Waals surface area contributed by atoms with E-state index in [1.165, 1.54) is 58.3 Å². The van der Waals surface area contributed by atoms with Crippen LogP contribution in [0, 0.1) is 23.2 Å². The summed E-state index contributed by atoms with van der Waals surface area (Å²) in [5.41, 5.74) is 3.82. The first-order valence-electron chi connectivity index (χ1n) is 13.1. The van der Waals surface area contributed by atoms with Crippen LogP contribution in [0.25, 0.3) is 0 Å². The molecule has 3 aliphatic carbocycles. The first-order chi connectivity index (χ1) is 15.2. The molecule has 7 atom stereocenters. The van der Waals surface area contributed by atoms with Crippen LogP contribution in [0.1, 0.15) is 65.7 Å². The molecule has 2 N–H and O–H groups in total. The molecular formula is C28H46N2O2. The third-order valence-electron chi connectivity index (χ3n) is 9.48. The van der Waals surface area contributed by atoms with E-state index in [9.17, 15) is 10.2 Å². The van der Waals surface area contributed by atoms with E-state index >= 15 is 0 Å². The molecule has 32 heavy (non-hydrogen) atoms. The van der Waals surface area contributed by atoms with Gasteiger partial charge in [0.05, 0.1) is 12.2 Å². The monoisotopic (exact) mass is 442 g/mol. The zero-order valence-corrected chi connectivity index (χ0v) is 20.9. The van der Waals surface area contributed by atoms with Crippen molar-refractivity contribution in [3.8, 4) is 0 Å². The second-order valence-electron chi connectivity index (χ2n) is 11.7. The van der Waals surface area contributed by atoms with Crippen molar-refractivity contribution in [2.45, 2.75) is 84.0 Å². The second-order valence-corrected chi connectivity index (χ2v) is 11.7. The topological polar surface area (TPSA) is 46.9 Å². The molecule has 1 heterocycles. The Bertz CT molecular complexity index is 759. The molecule has 0 bridgehead atoms. The second kappa shape index (κ2) is 9.74. The molecule has 4 aliphatic rings. The maximum Gasteiger partial charge on any atom is 0.0811 e. The van der Waals surface area contributed by atoms with Gasteiger partial charge in [-0.15, -0.1) is 0 Å². The minimum absolute atomic E-state index is 0.403. The molecule has 1 saturated heterocycles. The number of likely N-dealkylation sites (N-methyl/N-ethyl adjacent to an activating group) is 1. The van der Waals surface area contributed by atoms with E-state index in [1.807, 2.05) is 0 Å². The molecule has 0 aromatic heterocycles. The van der Waals surface area contributed by atoms with E-state index in [4.69, 9.17) is 0 Å². The van der Waals surface area contributed by atoms with Gasteiger partial charge in [-0.3, -0.25) is 4.90 Å². The third kappa shape index (κ3) is 4.80. The van der Waals surface area contributed by atoms with Crippen molar-refractivity contribution in [1.82, 2.24) is 9.80 Å². The molecule has 0 aromatic carbocycles. The van der Waals surface area contributed by atoms with Gasteiger partial charge in [-0.05, 0) is 86.8 Å². The molecule has 0 radical (unpaired) electrons. The van der Waals surface area contributed by atoms with Gasteiger partial charge in [0, 0.05) is 38.6 Å². The maximum absolute atomic E-state index is 10.2. The lowest BCUT2D eigenvalue weighted by Crippen LogP contribution is -2.52. The molecule has 4 fully saturated rings. The van der Waals surface area contributed by atoms with Gasteiger partial charge in [0.1, 0.15) is 0 Å². The predicted octanol–water partition coefficient (Wildman–Crippen LogP) is 4.40. The number of aliphatic hydroxyl groups is 2. The van der Waals surface area contributed by atoms with E-state index in [-0.39, 0.29) is 0 Å². The predicted molar refractivity (Wildman–Crippen MR) is 132 cm³/mol. The van der Waals surface area contributed by atoms with Crippen LogP contribution >= 0.6 is 0 Å². The van der Waals surface area contributed by atoms with Gasteiger partial charge >= 0.3 is 0 Å². The Kier molecular flexibility index (Phi) is 7.36. The lowest BCUT2D eigenvalue weighted by molar-refractivity contribution is 0.0434. The van der Waals surface area contributed by atoms with Gasteiger partial charge in [-0.1, -0.05) is 38.2 Å². The van der Waals surface area contributed by atoms with Crippen molar-refractivity contribution in [2.24, 2.45) is 23.2 Å². The van der Waals surface area contributed by atoms with Crippen molar-refractivity contribution >= 4 is 0 Å². The summed E-state index contributed by atoms with van der Waals surface area (Å²) >= 11 is 0. The molecule has 2 unspecified atom stereocenters. The highest BCUT2D eigenvalue weighted by Gasteiger charge is 2.50. The number of aliphatic hydroxyl groups excluding tert-OH is 2. The van der Waals surface area contributed by atoms with Crippen molar-refractivity contribution < 1.29 is 10.2 Å². The van der Waals surface area contributed by atoms with Crippen molar-refractivity contribution in [1.29, 1.82) is 0 Å². The van der Waals surface area contributed by atoms with Crippen LogP contribution in [0.3, 0.4) is 0 Å². The Hall–Kier alpha value is -0.940. The van der Waals surface area contributed by atoms with E-state index in [0.717, 1.165) is 23.0 Å². The molecular weight excluding hydrogens is 396 g/mol. The number of allylic oxidation sites excluding steroid dienone is 3. The summed E-state index contributed by atoms with van der Waals surface area (Å²) in [6.07, 6.45) is 11.0. The Labute approximate surface area is 196 Å².